The van der Waals surface area contributed by atoms with E-state index in [1.807, 2.05) is 24.3 Å². The van der Waals surface area contributed by atoms with E-state index in [0.717, 1.165) is 0 Å². The van der Waals surface area contributed by atoms with Gasteiger partial charge in [-0.2, -0.15) is 5.10 Å². The van der Waals surface area contributed by atoms with Crippen LogP contribution in [0, 0.1) is 0 Å². The highest BCUT2D eigenvalue weighted by atomic mass is 16.5. The molecular formula is C23H22N2O5. The molecule has 0 bridgehead atoms. The van der Waals surface area contributed by atoms with Crippen LogP contribution in [-0.2, 0) is 4.79 Å². The molecule has 0 aliphatic rings. The Balaban J connectivity index is 1.51. The Labute approximate surface area is 174 Å². The molecule has 0 aliphatic heterocycles. The van der Waals surface area contributed by atoms with E-state index in [0.29, 0.717) is 28.8 Å². The highest BCUT2D eigenvalue weighted by molar-refractivity contribution is 5.89. The number of nitrogens with zero attached hydrogens (tertiary/aromatic N) is 1. The molecule has 3 rings (SSSR count). The fraction of sp³-hybridized carbons (Fsp3) is 0.174. The number of carbonyl (C=O) groups is 2. The number of furan rings is 1. The summed E-state index contributed by atoms with van der Waals surface area (Å²) in [5, 5.41) is 12.9. The van der Waals surface area contributed by atoms with Gasteiger partial charge in [0.25, 0.3) is 5.91 Å². The largest absolute Gasteiger partial charge is 0.484 e. The van der Waals surface area contributed by atoms with Gasteiger partial charge in [-0.1, -0.05) is 38.1 Å². The first-order valence-corrected chi connectivity index (χ1v) is 9.40. The van der Waals surface area contributed by atoms with E-state index in [9.17, 15) is 9.59 Å². The van der Waals surface area contributed by atoms with Crippen LogP contribution >= 0.6 is 0 Å². The van der Waals surface area contributed by atoms with Crippen LogP contribution in [-0.4, -0.2) is 29.8 Å². The van der Waals surface area contributed by atoms with Crippen LogP contribution in [0.4, 0.5) is 0 Å². The predicted octanol–water partition coefficient (Wildman–Crippen LogP) is 4.30. The first-order valence-electron chi connectivity index (χ1n) is 9.40. The van der Waals surface area contributed by atoms with Crippen LogP contribution in [0.5, 0.6) is 5.75 Å². The molecule has 30 heavy (non-hydrogen) atoms. The molecule has 7 heteroatoms. The van der Waals surface area contributed by atoms with Gasteiger partial charge in [0.1, 0.15) is 17.3 Å². The summed E-state index contributed by atoms with van der Waals surface area (Å²) in [5.74, 6) is 0.541. The fourth-order valence-corrected chi connectivity index (χ4v) is 2.68. The molecule has 7 nitrogen and oxygen atoms in total. The average molecular weight is 406 g/mol. The van der Waals surface area contributed by atoms with Gasteiger partial charge < -0.3 is 14.3 Å². The third-order valence-corrected chi connectivity index (χ3v) is 4.32. The zero-order valence-electron chi connectivity index (χ0n) is 16.7. The number of hydrogen-bond donors (Lipinski definition) is 2. The van der Waals surface area contributed by atoms with Gasteiger partial charge in [-0.15, -0.1) is 0 Å². The summed E-state index contributed by atoms with van der Waals surface area (Å²) in [6, 6.07) is 17.4. The summed E-state index contributed by atoms with van der Waals surface area (Å²) in [6.45, 7) is 4.05. The van der Waals surface area contributed by atoms with Crippen LogP contribution < -0.4 is 10.2 Å². The van der Waals surface area contributed by atoms with Gasteiger partial charge in [-0.25, -0.2) is 10.2 Å². The Hall–Kier alpha value is -3.87. The first-order chi connectivity index (χ1) is 14.4. The lowest BCUT2D eigenvalue weighted by atomic mass is 10.0. The number of ether oxygens (including phenoxy) is 1. The lowest BCUT2D eigenvalue weighted by Gasteiger charge is -2.08. The van der Waals surface area contributed by atoms with E-state index in [4.69, 9.17) is 14.3 Å². The van der Waals surface area contributed by atoms with Gasteiger partial charge in [0.2, 0.25) is 0 Å². The molecule has 154 valence electrons. The molecule has 1 aromatic heterocycles. The second-order valence-electron chi connectivity index (χ2n) is 6.89. The van der Waals surface area contributed by atoms with Crippen molar-refractivity contribution in [2.45, 2.75) is 19.8 Å². The van der Waals surface area contributed by atoms with Crippen molar-refractivity contribution in [1.82, 2.24) is 5.43 Å². The van der Waals surface area contributed by atoms with Crippen molar-refractivity contribution in [2.75, 3.05) is 6.61 Å². The number of carboxylic acids is 1. The van der Waals surface area contributed by atoms with Gasteiger partial charge in [0, 0.05) is 5.56 Å². The van der Waals surface area contributed by atoms with Crippen molar-refractivity contribution >= 4 is 18.1 Å². The molecule has 0 atom stereocenters. The Morgan fingerprint density at radius 3 is 2.60 bits per heavy atom. The number of hydrogen-bond acceptors (Lipinski definition) is 5. The Morgan fingerprint density at radius 1 is 1.13 bits per heavy atom. The maximum Gasteiger partial charge on any atom is 0.335 e. The van der Waals surface area contributed by atoms with E-state index < -0.39 is 11.9 Å². The van der Waals surface area contributed by atoms with E-state index in [-0.39, 0.29) is 12.2 Å². The van der Waals surface area contributed by atoms with Crippen molar-refractivity contribution in [1.29, 1.82) is 0 Å². The number of amides is 1. The van der Waals surface area contributed by atoms with Crippen LogP contribution in [0.3, 0.4) is 0 Å². The quantitative estimate of drug-likeness (QED) is 0.429. The van der Waals surface area contributed by atoms with Crippen LogP contribution in [0.15, 0.2) is 70.2 Å². The smallest absolute Gasteiger partial charge is 0.335 e. The van der Waals surface area contributed by atoms with Crippen LogP contribution in [0.1, 0.15) is 41.4 Å². The monoisotopic (exact) mass is 406 g/mol. The van der Waals surface area contributed by atoms with E-state index in [2.05, 4.69) is 24.4 Å². The van der Waals surface area contributed by atoms with Crippen LogP contribution in [0.2, 0.25) is 0 Å². The average Bonchev–Trinajstić information content (AvgIpc) is 3.21. The fourth-order valence-electron chi connectivity index (χ4n) is 2.68. The minimum absolute atomic E-state index is 0.163. The predicted molar refractivity (Wildman–Crippen MR) is 113 cm³/mol. The minimum Gasteiger partial charge on any atom is -0.484 e. The Kier molecular flexibility index (Phi) is 6.64. The highest BCUT2D eigenvalue weighted by Crippen LogP contribution is 2.22. The number of carboxylic acid groups (broad SMARTS) is 1. The number of rotatable bonds is 8. The second kappa shape index (κ2) is 9.56. The minimum atomic E-state index is -1.01. The van der Waals surface area contributed by atoms with Crippen molar-refractivity contribution in [3.05, 3.63) is 77.6 Å². The Morgan fingerprint density at radius 2 is 1.90 bits per heavy atom. The third-order valence-electron chi connectivity index (χ3n) is 4.32. The molecule has 0 fully saturated rings. The zero-order valence-corrected chi connectivity index (χ0v) is 16.7. The number of aromatic carboxylic acids is 1. The van der Waals surface area contributed by atoms with Gasteiger partial charge >= 0.3 is 5.97 Å². The summed E-state index contributed by atoms with van der Waals surface area (Å²) >= 11 is 0. The molecule has 2 aromatic carbocycles. The molecule has 0 unspecified atom stereocenters. The second-order valence-corrected chi connectivity index (χ2v) is 6.89. The summed E-state index contributed by atoms with van der Waals surface area (Å²) in [6.07, 6.45) is 1.36. The molecule has 1 heterocycles. The number of hydrazone groups is 1. The summed E-state index contributed by atoms with van der Waals surface area (Å²) in [4.78, 5) is 23.0. The van der Waals surface area contributed by atoms with Gasteiger partial charge in [-0.05, 0) is 47.9 Å². The molecule has 0 radical (unpaired) electrons. The Bertz CT molecular complexity index is 1050. The van der Waals surface area contributed by atoms with Crippen molar-refractivity contribution in [3.8, 4) is 17.1 Å². The third kappa shape index (κ3) is 5.57. The number of benzene rings is 2. The van der Waals surface area contributed by atoms with Gasteiger partial charge in [0.05, 0.1) is 11.8 Å². The molecule has 0 saturated carbocycles. The molecule has 3 aromatic rings. The van der Waals surface area contributed by atoms with E-state index in [1.165, 1.54) is 23.9 Å². The molecule has 0 spiro atoms. The van der Waals surface area contributed by atoms with Crippen molar-refractivity contribution in [3.63, 3.8) is 0 Å². The standard InChI is InChI=1S/C23H22N2O5/c1-15(2)16-6-8-19(9-7-16)29-14-22(26)25-24-13-20-10-11-21(30-20)17-4-3-5-18(12-17)23(27)28/h3-13,15H,14H2,1-2H3,(H,25,26)(H,27,28)/b24-13+. The number of carbonyl (C=O) groups excluding carboxylic acids is 1. The molecule has 1 amide bonds. The highest BCUT2D eigenvalue weighted by Gasteiger charge is 2.08. The summed E-state index contributed by atoms with van der Waals surface area (Å²) in [7, 11) is 0. The van der Waals surface area contributed by atoms with Gasteiger partial charge in [0.15, 0.2) is 6.61 Å². The SMILES string of the molecule is CC(C)c1ccc(OCC(=O)N/N=C/c2ccc(-c3cccc(C(=O)O)c3)o2)cc1. The summed E-state index contributed by atoms with van der Waals surface area (Å²) in [5.41, 5.74) is 4.38. The summed E-state index contributed by atoms with van der Waals surface area (Å²) < 4.78 is 11.1. The van der Waals surface area contributed by atoms with Crippen molar-refractivity contribution < 1.29 is 23.8 Å². The van der Waals surface area contributed by atoms with E-state index >= 15 is 0 Å². The van der Waals surface area contributed by atoms with Gasteiger partial charge in [-0.3, -0.25) is 4.79 Å². The van der Waals surface area contributed by atoms with Crippen molar-refractivity contribution in [2.24, 2.45) is 5.10 Å². The molecule has 2 N–H and O–H groups in total. The molecule has 0 saturated heterocycles. The van der Waals surface area contributed by atoms with E-state index in [1.54, 1.807) is 24.3 Å². The van der Waals surface area contributed by atoms with Crippen LogP contribution in [0.25, 0.3) is 11.3 Å². The molecular weight excluding hydrogens is 384 g/mol. The normalized spacial score (nSPS) is 11.0. The lowest BCUT2D eigenvalue weighted by Crippen LogP contribution is -2.24. The molecule has 0 aliphatic carbocycles. The zero-order chi connectivity index (χ0) is 21.5. The number of nitrogens with one attached hydrogen (secondary N) is 1. The maximum absolute atomic E-state index is 11.9. The maximum atomic E-state index is 11.9. The lowest BCUT2D eigenvalue weighted by molar-refractivity contribution is -0.123. The first kappa shape index (κ1) is 20.9. The topological polar surface area (TPSA) is 101 Å².